The topological polar surface area (TPSA) is 118 Å². The summed E-state index contributed by atoms with van der Waals surface area (Å²) in [6, 6.07) is 12.5. The smallest absolute Gasteiger partial charge is 0.435 e. The Morgan fingerprint density at radius 2 is 1.88 bits per heavy atom. The van der Waals surface area contributed by atoms with Gasteiger partial charge in [0.05, 0.1) is 25.6 Å². The van der Waals surface area contributed by atoms with E-state index in [-0.39, 0.29) is 25.7 Å². The van der Waals surface area contributed by atoms with Crippen molar-refractivity contribution in [2.45, 2.75) is 45.8 Å². The van der Waals surface area contributed by atoms with Gasteiger partial charge in [0.15, 0.2) is 0 Å². The van der Waals surface area contributed by atoms with Gasteiger partial charge >= 0.3 is 12.1 Å². The number of nitrogens with one attached hydrogen (secondary N) is 1. The molecule has 1 fully saturated rings. The fourth-order valence-electron chi connectivity index (χ4n) is 4.65. The van der Waals surface area contributed by atoms with Gasteiger partial charge in [-0.25, -0.2) is 9.59 Å². The zero-order chi connectivity index (χ0) is 30.1. The Kier molecular flexibility index (Phi) is 10.4. The van der Waals surface area contributed by atoms with Crippen molar-refractivity contribution in [1.82, 2.24) is 19.6 Å². The van der Waals surface area contributed by atoms with Gasteiger partial charge in [-0.3, -0.25) is 4.90 Å². The first-order valence-corrected chi connectivity index (χ1v) is 14.2. The van der Waals surface area contributed by atoms with Crippen molar-refractivity contribution in [3.63, 3.8) is 0 Å². The summed E-state index contributed by atoms with van der Waals surface area (Å²) in [7, 11) is 1.59. The number of hydrogen-bond donors (Lipinski definition) is 2. The number of rotatable bonds is 11. The zero-order valence-corrected chi connectivity index (χ0v) is 24.8. The minimum atomic E-state index is -0.643. The molecule has 0 unspecified atom stereocenters. The van der Waals surface area contributed by atoms with Crippen LogP contribution in [0.25, 0.3) is 11.1 Å². The van der Waals surface area contributed by atoms with Crippen LogP contribution < -0.4 is 14.8 Å². The lowest BCUT2D eigenvalue weighted by Crippen LogP contribution is -2.36. The van der Waals surface area contributed by atoms with E-state index in [0.717, 1.165) is 35.4 Å². The number of ether oxygens (including phenoxy) is 3. The number of anilines is 1. The number of aliphatic hydroxyl groups excluding tert-OH is 1. The summed E-state index contributed by atoms with van der Waals surface area (Å²) in [5.74, 6) is 1.19. The average molecular weight is 580 g/mol. The van der Waals surface area contributed by atoms with Gasteiger partial charge in [0.2, 0.25) is 0 Å². The highest BCUT2D eigenvalue weighted by Gasteiger charge is 2.21. The van der Waals surface area contributed by atoms with Crippen LogP contribution in [0, 0.1) is 0 Å². The molecule has 0 atom stereocenters. The Bertz CT molecular complexity index is 1350. The molecule has 0 saturated carbocycles. The van der Waals surface area contributed by atoms with Crippen molar-refractivity contribution in [2.24, 2.45) is 0 Å². The molecular formula is C31H41N5O6. The van der Waals surface area contributed by atoms with Crippen LogP contribution in [0.2, 0.25) is 0 Å². The van der Waals surface area contributed by atoms with Gasteiger partial charge in [-0.15, -0.1) is 0 Å². The van der Waals surface area contributed by atoms with E-state index in [2.05, 4.69) is 15.3 Å². The van der Waals surface area contributed by atoms with Crippen LogP contribution in [0.15, 0.2) is 54.9 Å². The molecule has 2 heterocycles. The van der Waals surface area contributed by atoms with Crippen molar-refractivity contribution in [3.05, 3.63) is 60.4 Å². The number of benzene rings is 2. The lowest BCUT2D eigenvalue weighted by molar-refractivity contribution is 0.0514. The summed E-state index contributed by atoms with van der Waals surface area (Å²) in [6.45, 7) is 8.98. The van der Waals surface area contributed by atoms with Crippen LogP contribution in [0.3, 0.4) is 0 Å². The van der Waals surface area contributed by atoms with Crippen LogP contribution in [-0.4, -0.2) is 88.9 Å². The predicted molar refractivity (Wildman–Crippen MR) is 160 cm³/mol. The summed E-state index contributed by atoms with van der Waals surface area (Å²) in [5.41, 5.74) is 2.19. The highest BCUT2D eigenvalue weighted by atomic mass is 16.6. The molecule has 4 rings (SSSR count). The summed E-state index contributed by atoms with van der Waals surface area (Å²) in [4.78, 5) is 29.7. The quantitative estimate of drug-likeness (QED) is 0.331. The third-order valence-electron chi connectivity index (χ3n) is 6.75. The third kappa shape index (κ3) is 8.70. The molecule has 0 spiro atoms. The van der Waals surface area contributed by atoms with Crippen LogP contribution in [0.1, 0.15) is 39.2 Å². The molecule has 1 saturated heterocycles. The molecule has 0 aliphatic carbocycles. The van der Waals surface area contributed by atoms with Gasteiger partial charge in [-0.1, -0.05) is 18.2 Å². The molecule has 11 nitrogen and oxygen atoms in total. The Hall–Kier alpha value is -4.09. The highest BCUT2D eigenvalue weighted by Crippen LogP contribution is 2.32. The van der Waals surface area contributed by atoms with E-state index in [1.54, 1.807) is 46.3 Å². The van der Waals surface area contributed by atoms with Crippen LogP contribution in [0.5, 0.6) is 11.5 Å². The van der Waals surface area contributed by atoms with Gasteiger partial charge in [0.25, 0.3) is 0 Å². The zero-order valence-electron chi connectivity index (χ0n) is 24.8. The van der Waals surface area contributed by atoms with Gasteiger partial charge in [-0.2, -0.15) is 9.78 Å². The Labute approximate surface area is 247 Å². The fourth-order valence-corrected chi connectivity index (χ4v) is 4.65. The molecule has 0 bridgehead atoms. The maximum atomic E-state index is 13.4. The van der Waals surface area contributed by atoms with E-state index >= 15 is 0 Å². The van der Waals surface area contributed by atoms with Crippen molar-refractivity contribution in [2.75, 3.05) is 51.8 Å². The monoisotopic (exact) mass is 579 g/mol. The number of carbonyl (C=O) groups excluding carboxylic acids is 2. The van der Waals surface area contributed by atoms with Crippen LogP contribution >= 0.6 is 0 Å². The number of nitrogens with zero attached hydrogens (tertiary/aromatic N) is 4. The predicted octanol–water partition coefficient (Wildman–Crippen LogP) is 4.84. The number of aromatic nitrogens is 2. The van der Waals surface area contributed by atoms with E-state index < -0.39 is 11.7 Å². The Morgan fingerprint density at radius 1 is 1.10 bits per heavy atom. The van der Waals surface area contributed by atoms with Crippen LogP contribution in [0.4, 0.5) is 15.3 Å². The average Bonchev–Trinajstić information content (AvgIpc) is 3.66. The van der Waals surface area contributed by atoms with Crippen molar-refractivity contribution >= 4 is 17.8 Å². The maximum Gasteiger partial charge on any atom is 0.435 e. The van der Waals surface area contributed by atoms with Gasteiger partial charge in [0.1, 0.15) is 23.7 Å². The van der Waals surface area contributed by atoms with E-state index in [1.165, 1.54) is 17.7 Å². The summed E-state index contributed by atoms with van der Waals surface area (Å²) >= 11 is 0. The summed E-state index contributed by atoms with van der Waals surface area (Å²) in [5, 5.41) is 16.8. The number of carbonyl (C=O) groups is 2. The Morgan fingerprint density at radius 3 is 2.60 bits per heavy atom. The second-order valence-corrected chi connectivity index (χ2v) is 11.2. The highest BCUT2D eigenvalue weighted by molar-refractivity contribution is 5.91. The Balaban J connectivity index is 1.54. The number of amides is 2. The number of hydrogen-bond acceptors (Lipinski definition) is 8. The second-order valence-electron chi connectivity index (χ2n) is 11.2. The number of aliphatic hydroxyl groups is 1. The first-order chi connectivity index (χ1) is 20.1. The first-order valence-electron chi connectivity index (χ1n) is 14.2. The molecule has 11 heteroatoms. The largest absolute Gasteiger partial charge is 0.497 e. The SMILES string of the molecule is COc1cccc(CN(CCO)C(=O)Nc2ccc(-c3cnn(C(=O)OC(C)(C)C)c3)cc2OCCN2CCCC2)c1. The van der Waals surface area contributed by atoms with Gasteiger partial charge in [-0.05, 0) is 82.1 Å². The van der Waals surface area contributed by atoms with E-state index in [4.69, 9.17) is 14.2 Å². The molecule has 1 aliphatic heterocycles. The summed E-state index contributed by atoms with van der Waals surface area (Å²) in [6.07, 6.45) is 4.99. The number of methoxy groups -OCH3 is 1. The fraction of sp³-hybridized carbons (Fsp3) is 0.452. The lowest BCUT2D eigenvalue weighted by atomic mass is 10.1. The molecule has 2 amide bonds. The first kappa shape index (κ1) is 30.9. The standard InChI is InChI=1S/C31H41N5O6/c1-31(2,3)42-30(39)36-22-25(20-32-36)24-10-11-27(28(19-24)41-17-15-34-12-5-6-13-34)33-29(38)35(14-16-37)21-23-8-7-9-26(18-23)40-4/h7-11,18-20,22,37H,5-6,12-17,21H2,1-4H3,(H,33,38). The molecule has 1 aromatic heterocycles. The van der Waals surface area contributed by atoms with E-state index in [1.807, 2.05) is 36.4 Å². The van der Waals surface area contributed by atoms with E-state index in [0.29, 0.717) is 29.4 Å². The number of likely N-dealkylation sites (tertiary alicyclic amines) is 1. The van der Waals surface area contributed by atoms with Gasteiger partial charge in [0, 0.05) is 31.4 Å². The third-order valence-corrected chi connectivity index (χ3v) is 6.75. The maximum absolute atomic E-state index is 13.4. The molecule has 1 aliphatic rings. The van der Waals surface area contributed by atoms with Gasteiger partial charge < -0.3 is 29.5 Å². The normalized spacial score (nSPS) is 13.5. The van der Waals surface area contributed by atoms with Crippen molar-refractivity contribution in [3.8, 4) is 22.6 Å². The lowest BCUT2D eigenvalue weighted by Gasteiger charge is -2.24. The molecular weight excluding hydrogens is 538 g/mol. The molecule has 42 heavy (non-hydrogen) atoms. The van der Waals surface area contributed by atoms with Crippen molar-refractivity contribution < 1.29 is 28.9 Å². The van der Waals surface area contributed by atoms with Crippen molar-refractivity contribution in [1.29, 1.82) is 0 Å². The minimum Gasteiger partial charge on any atom is -0.497 e. The van der Waals surface area contributed by atoms with E-state index in [9.17, 15) is 14.7 Å². The number of urea groups is 1. The summed E-state index contributed by atoms with van der Waals surface area (Å²) < 4.78 is 18.1. The molecule has 0 radical (unpaired) electrons. The molecule has 2 aromatic carbocycles. The minimum absolute atomic E-state index is 0.149. The molecule has 3 aromatic rings. The second kappa shape index (κ2) is 14.2. The van der Waals surface area contributed by atoms with Crippen LogP contribution in [-0.2, 0) is 11.3 Å². The molecule has 2 N–H and O–H groups in total. The molecule has 226 valence electrons.